The lowest BCUT2D eigenvalue weighted by Gasteiger charge is -2.20. The molecule has 11 rings (SSSR count). The zero-order valence-electron chi connectivity index (χ0n) is 29.0. The van der Waals surface area contributed by atoms with Crippen LogP contribution in [0.2, 0.25) is 0 Å². The van der Waals surface area contributed by atoms with E-state index in [1.165, 1.54) is 98.3 Å². The highest BCUT2D eigenvalue weighted by Crippen LogP contribution is 2.46. The summed E-state index contributed by atoms with van der Waals surface area (Å²) >= 11 is 0. The van der Waals surface area contributed by atoms with Crippen LogP contribution in [0.5, 0.6) is 0 Å². The van der Waals surface area contributed by atoms with Gasteiger partial charge in [-0.2, -0.15) is 0 Å². The maximum atomic E-state index is 2.43. The molecule has 246 valence electrons. The number of nitrogens with zero attached hydrogens (tertiary/aromatic N) is 1. The second kappa shape index (κ2) is 11.8. The molecular weight excluding hydrogens is 639 g/mol. The molecule has 0 amide bonds. The largest absolute Gasteiger partial charge is 0.309 e. The van der Waals surface area contributed by atoms with Crippen LogP contribution in [-0.4, -0.2) is 4.57 Å². The molecule has 0 radical (unpaired) electrons. The number of fused-ring (bicyclic) bond motifs is 8. The summed E-state index contributed by atoms with van der Waals surface area (Å²) < 4.78 is 2.43. The third kappa shape index (κ3) is 4.58. The average molecular weight is 672 g/mol. The van der Waals surface area contributed by atoms with E-state index >= 15 is 0 Å². The molecule has 53 heavy (non-hydrogen) atoms. The van der Waals surface area contributed by atoms with Crippen molar-refractivity contribution in [2.24, 2.45) is 0 Å². The van der Waals surface area contributed by atoms with Gasteiger partial charge in [0.25, 0.3) is 0 Å². The van der Waals surface area contributed by atoms with Crippen LogP contribution in [0.15, 0.2) is 200 Å². The van der Waals surface area contributed by atoms with Crippen molar-refractivity contribution in [3.8, 4) is 39.1 Å². The Morgan fingerprint density at radius 3 is 1.53 bits per heavy atom. The number of rotatable bonds is 4. The summed E-state index contributed by atoms with van der Waals surface area (Å²) in [6.07, 6.45) is 0. The van der Waals surface area contributed by atoms with Crippen LogP contribution in [0, 0.1) is 0 Å². The molecule has 0 unspecified atom stereocenters. The van der Waals surface area contributed by atoms with Gasteiger partial charge in [0.2, 0.25) is 0 Å². The van der Waals surface area contributed by atoms with Gasteiger partial charge in [-0.3, -0.25) is 0 Å². The van der Waals surface area contributed by atoms with Crippen molar-refractivity contribution >= 4 is 64.9 Å². The van der Waals surface area contributed by atoms with Gasteiger partial charge in [0.1, 0.15) is 0 Å². The fourth-order valence-corrected chi connectivity index (χ4v) is 8.84. The molecule has 0 fully saturated rings. The van der Waals surface area contributed by atoms with E-state index in [2.05, 4.69) is 205 Å². The normalized spacial score (nSPS) is 11.8. The number of hydrogen-bond acceptors (Lipinski definition) is 0. The van der Waals surface area contributed by atoms with E-state index in [1.54, 1.807) is 0 Å². The third-order valence-electron chi connectivity index (χ3n) is 11.1. The van der Waals surface area contributed by atoms with Gasteiger partial charge in [-0.15, -0.1) is 0 Å². The Kier molecular flexibility index (Phi) is 6.62. The quantitative estimate of drug-likeness (QED) is 0.164. The van der Waals surface area contributed by atoms with Crippen LogP contribution >= 0.6 is 0 Å². The van der Waals surface area contributed by atoms with Gasteiger partial charge < -0.3 is 4.57 Å². The van der Waals surface area contributed by atoms with Gasteiger partial charge in [-0.1, -0.05) is 164 Å². The predicted octanol–water partition coefficient (Wildman–Crippen LogP) is 14.4. The minimum atomic E-state index is 1.15. The minimum absolute atomic E-state index is 1.15. The monoisotopic (exact) mass is 671 g/mol. The van der Waals surface area contributed by atoms with Crippen molar-refractivity contribution in [2.45, 2.75) is 0 Å². The van der Waals surface area contributed by atoms with Crippen molar-refractivity contribution in [3.63, 3.8) is 0 Å². The first-order valence-corrected chi connectivity index (χ1v) is 18.4. The molecule has 0 atom stereocenters. The van der Waals surface area contributed by atoms with Crippen molar-refractivity contribution in [1.29, 1.82) is 0 Å². The molecule has 0 N–H and O–H groups in total. The molecule has 11 aromatic rings. The molecule has 0 spiro atoms. The molecule has 0 saturated heterocycles. The molecule has 10 aromatic carbocycles. The highest BCUT2D eigenvalue weighted by molar-refractivity contribution is 6.24. The van der Waals surface area contributed by atoms with Crippen LogP contribution in [-0.2, 0) is 0 Å². The van der Waals surface area contributed by atoms with Gasteiger partial charge in [0, 0.05) is 16.5 Å². The fourth-order valence-electron chi connectivity index (χ4n) is 8.84. The molecule has 0 aliphatic carbocycles. The number of benzene rings is 10. The van der Waals surface area contributed by atoms with Crippen LogP contribution in [0.4, 0.5) is 0 Å². The zero-order chi connectivity index (χ0) is 34.9. The molecule has 1 nitrogen and oxygen atoms in total. The van der Waals surface area contributed by atoms with E-state index in [9.17, 15) is 0 Å². The summed E-state index contributed by atoms with van der Waals surface area (Å²) in [6, 6.07) is 73.5. The molecule has 1 heterocycles. The molecule has 0 aliphatic heterocycles. The second-order valence-electron chi connectivity index (χ2n) is 14.0. The first kappa shape index (κ1) is 29.7. The van der Waals surface area contributed by atoms with Crippen LogP contribution in [0.1, 0.15) is 0 Å². The standard InChI is InChI=1S/C52H33N/c1-2-14-34(15-3-1)40-18-6-7-19-41(40)51-44-22-10-8-20-42(44)50(43-21-9-11-23-45(43)51)35-26-29-39(30-27-35)53-48-25-13-12-24-46(48)52-47-33-37-17-5-4-16-36(37)32-38(47)28-31-49(52)53/h1-33H. The summed E-state index contributed by atoms with van der Waals surface area (Å²) in [5.41, 5.74) is 11.1. The van der Waals surface area contributed by atoms with Crippen LogP contribution in [0.3, 0.4) is 0 Å². The molecule has 0 bridgehead atoms. The summed E-state index contributed by atoms with van der Waals surface area (Å²) in [4.78, 5) is 0. The smallest absolute Gasteiger partial charge is 0.0547 e. The van der Waals surface area contributed by atoms with Crippen molar-refractivity contribution in [1.82, 2.24) is 4.57 Å². The maximum Gasteiger partial charge on any atom is 0.0547 e. The Bertz CT molecular complexity index is 3150. The van der Waals surface area contributed by atoms with E-state index in [4.69, 9.17) is 0 Å². The van der Waals surface area contributed by atoms with Gasteiger partial charge in [-0.05, 0) is 113 Å². The fraction of sp³-hybridized carbons (Fsp3) is 0. The lowest BCUT2D eigenvalue weighted by Crippen LogP contribution is -1.95. The summed E-state index contributed by atoms with van der Waals surface area (Å²) in [5, 5.41) is 12.7. The Hall–Kier alpha value is -6.96. The van der Waals surface area contributed by atoms with Crippen LogP contribution < -0.4 is 0 Å². The first-order chi connectivity index (χ1) is 26.3. The Balaban J connectivity index is 1.12. The van der Waals surface area contributed by atoms with E-state index in [-0.39, 0.29) is 0 Å². The number of para-hydroxylation sites is 1. The Morgan fingerprint density at radius 2 is 0.830 bits per heavy atom. The van der Waals surface area contributed by atoms with Crippen molar-refractivity contribution < 1.29 is 0 Å². The maximum absolute atomic E-state index is 2.43. The van der Waals surface area contributed by atoms with Crippen molar-refractivity contribution in [3.05, 3.63) is 200 Å². The molecule has 1 heteroatoms. The van der Waals surface area contributed by atoms with Gasteiger partial charge >= 0.3 is 0 Å². The Labute approximate surface area is 307 Å². The molecule has 0 aliphatic rings. The SMILES string of the molecule is c1ccc(-c2ccccc2-c2c3ccccc3c(-c3ccc(-n4c5ccccc5c5c6cc7ccccc7cc6ccc54)cc3)c3ccccc23)cc1. The minimum Gasteiger partial charge on any atom is -0.309 e. The third-order valence-corrected chi connectivity index (χ3v) is 11.1. The van der Waals surface area contributed by atoms with Crippen LogP contribution in [0.25, 0.3) is 104 Å². The lowest BCUT2D eigenvalue weighted by molar-refractivity contribution is 1.18. The van der Waals surface area contributed by atoms with E-state index in [1.807, 2.05) is 0 Å². The Morgan fingerprint density at radius 1 is 0.283 bits per heavy atom. The van der Waals surface area contributed by atoms with Gasteiger partial charge in [-0.25, -0.2) is 0 Å². The summed E-state index contributed by atoms with van der Waals surface area (Å²) in [7, 11) is 0. The van der Waals surface area contributed by atoms with Gasteiger partial charge in [0.05, 0.1) is 11.0 Å². The van der Waals surface area contributed by atoms with Crippen molar-refractivity contribution in [2.75, 3.05) is 0 Å². The zero-order valence-corrected chi connectivity index (χ0v) is 29.0. The number of aromatic nitrogens is 1. The average Bonchev–Trinajstić information content (AvgIpc) is 3.57. The highest BCUT2D eigenvalue weighted by atomic mass is 15.0. The predicted molar refractivity (Wildman–Crippen MR) is 227 cm³/mol. The first-order valence-electron chi connectivity index (χ1n) is 18.4. The van der Waals surface area contributed by atoms with E-state index in [0.29, 0.717) is 0 Å². The van der Waals surface area contributed by atoms with E-state index < -0.39 is 0 Å². The second-order valence-corrected chi connectivity index (χ2v) is 14.0. The molecule has 0 saturated carbocycles. The highest BCUT2D eigenvalue weighted by Gasteiger charge is 2.20. The topological polar surface area (TPSA) is 4.93 Å². The van der Waals surface area contributed by atoms with Gasteiger partial charge in [0.15, 0.2) is 0 Å². The number of hydrogen-bond donors (Lipinski definition) is 0. The summed E-state index contributed by atoms with van der Waals surface area (Å²) in [5.74, 6) is 0. The lowest BCUT2D eigenvalue weighted by atomic mass is 9.84. The summed E-state index contributed by atoms with van der Waals surface area (Å²) in [6.45, 7) is 0. The molecule has 1 aromatic heterocycles. The molecular formula is C52H33N. The van der Waals surface area contributed by atoms with E-state index in [0.717, 1.165) is 5.69 Å².